The third-order valence-corrected chi connectivity index (χ3v) is 5.57. The van der Waals surface area contributed by atoms with Crippen LogP contribution in [0.1, 0.15) is 24.0 Å². The van der Waals surface area contributed by atoms with Crippen molar-refractivity contribution in [3.8, 4) is 0 Å². The molecule has 4 nitrogen and oxygen atoms in total. The van der Waals surface area contributed by atoms with E-state index in [9.17, 15) is 14.0 Å². The number of benzene rings is 2. The van der Waals surface area contributed by atoms with Gasteiger partial charge in [-0.3, -0.25) is 9.59 Å². The SMILES string of the molecule is C=CCN(CCc1ccccc1)C(=O)C1CCCN(C(=O)Cc2ccc(F)cc2)C1. The van der Waals surface area contributed by atoms with Gasteiger partial charge in [-0.1, -0.05) is 48.5 Å². The van der Waals surface area contributed by atoms with E-state index in [2.05, 4.69) is 18.7 Å². The Labute approximate surface area is 178 Å². The molecule has 1 aliphatic heterocycles. The largest absolute Gasteiger partial charge is 0.342 e. The van der Waals surface area contributed by atoms with Crippen LogP contribution < -0.4 is 0 Å². The van der Waals surface area contributed by atoms with E-state index in [1.165, 1.54) is 17.7 Å². The zero-order chi connectivity index (χ0) is 21.3. The molecule has 2 amide bonds. The van der Waals surface area contributed by atoms with Gasteiger partial charge < -0.3 is 9.80 Å². The Bertz CT molecular complexity index is 851. The number of rotatable bonds is 8. The fraction of sp³-hybridized carbons (Fsp3) is 0.360. The molecule has 1 saturated heterocycles. The Morgan fingerprint density at radius 2 is 1.83 bits per heavy atom. The number of halogens is 1. The number of carbonyl (C=O) groups excluding carboxylic acids is 2. The minimum atomic E-state index is -0.312. The minimum Gasteiger partial charge on any atom is -0.342 e. The molecule has 3 rings (SSSR count). The van der Waals surface area contributed by atoms with Gasteiger partial charge in [0.15, 0.2) is 0 Å². The first kappa shape index (κ1) is 21.8. The quantitative estimate of drug-likeness (QED) is 0.623. The summed E-state index contributed by atoms with van der Waals surface area (Å²) in [6, 6.07) is 16.1. The summed E-state index contributed by atoms with van der Waals surface area (Å²) >= 11 is 0. The monoisotopic (exact) mass is 408 g/mol. The summed E-state index contributed by atoms with van der Waals surface area (Å²) in [5, 5.41) is 0. The first-order valence-corrected chi connectivity index (χ1v) is 10.5. The Morgan fingerprint density at radius 3 is 2.53 bits per heavy atom. The van der Waals surface area contributed by atoms with Crippen LogP contribution in [-0.2, 0) is 22.4 Å². The van der Waals surface area contributed by atoms with Gasteiger partial charge in [0.1, 0.15) is 5.82 Å². The van der Waals surface area contributed by atoms with E-state index in [1.807, 2.05) is 23.1 Å². The maximum atomic E-state index is 13.2. The number of hydrogen-bond donors (Lipinski definition) is 0. The highest BCUT2D eigenvalue weighted by Crippen LogP contribution is 2.20. The molecule has 0 saturated carbocycles. The highest BCUT2D eigenvalue weighted by atomic mass is 19.1. The van der Waals surface area contributed by atoms with Gasteiger partial charge in [0.25, 0.3) is 0 Å². The first-order chi connectivity index (χ1) is 14.6. The van der Waals surface area contributed by atoms with Crippen molar-refractivity contribution >= 4 is 11.8 Å². The predicted molar refractivity (Wildman–Crippen MR) is 116 cm³/mol. The normalized spacial score (nSPS) is 16.2. The van der Waals surface area contributed by atoms with Crippen molar-refractivity contribution in [3.05, 3.63) is 84.2 Å². The molecule has 0 aromatic heterocycles. The van der Waals surface area contributed by atoms with E-state index in [-0.39, 0.29) is 30.0 Å². The maximum absolute atomic E-state index is 13.2. The van der Waals surface area contributed by atoms with Crippen LogP contribution in [0.3, 0.4) is 0 Å². The molecule has 158 valence electrons. The zero-order valence-electron chi connectivity index (χ0n) is 17.3. The summed E-state index contributed by atoms with van der Waals surface area (Å²) in [6.07, 6.45) is 4.37. The average Bonchev–Trinajstić information content (AvgIpc) is 2.78. The Balaban J connectivity index is 1.58. The molecular formula is C25H29FN2O2. The van der Waals surface area contributed by atoms with Crippen LogP contribution in [0.25, 0.3) is 0 Å². The van der Waals surface area contributed by atoms with E-state index in [1.54, 1.807) is 23.1 Å². The van der Waals surface area contributed by atoms with Gasteiger partial charge in [0.2, 0.25) is 11.8 Å². The lowest BCUT2D eigenvalue weighted by Crippen LogP contribution is -2.47. The molecule has 2 aromatic rings. The van der Waals surface area contributed by atoms with Gasteiger partial charge in [-0.2, -0.15) is 0 Å². The van der Waals surface area contributed by atoms with E-state index in [0.29, 0.717) is 26.2 Å². The molecule has 1 atom stereocenters. The third kappa shape index (κ3) is 6.02. The first-order valence-electron chi connectivity index (χ1n) is 10.5. The molecule has 0 radical (unpaired) electrons. The van der Waals surface area contributed by atoms with Crippen LogP contribution in [0, 0.1) is 11.7 Å². The van der Waals surface area contributed by atoms with E-state index < -0.39 is 0 Å². The second kappa shape index (κ2) is 10.7. The van der Waals surface area contributed by atoms with Gasteiger partial charge in [-0.05, 0) is 42.5 Å². The molecule has 1 aliphatic rings. The van der Waals surface area contributed by atoms with Crippen molar-refractivity contribution in [2.45, 2.75) is 25.7 Å². The van der Waals surface area contributed by atoms with Gasteiger partial charge in [-0.15, -0.1) is 6.58 Å². The summed E-state index contributed by atoms with van der Waals surface area (Å²) in [5.74, 6) is -0.428. The number of hydrogen-bond acceptors (Lipinski definition) is 2. The van der Waals surface area contributed by atoms with Gasteiger partial charge >= 0.3 is 0 Å². The topological polar surface area (TPSA) is 40.6 Å². The fourth-order valence-corrected chi connectivity index (χ4v) is 3.91. The smallest absolute Gasteiger partial charge is 0.227 e. The lowest BCUT2D eigenvalue weighted by molar-refractivity contribution is -0.140. The van der Waals surface area contributed by atoms with Crippen molar-refractivity contribution in [2.24, 2.45) is 5.92 Å². The van der Waals surface area contributed by atoms with Crippen LogP contribution in [0.5, 0.6) is 0 Å². The summed E-state index contributed by atoms with van der Waals surface area (Å²) < 4.78 is 13.1. The molecule has 1 unspecified atom stereocenters. The maximum Gasteiger partial charge on any atom is 0.227 e. The molecule has 5 heteroatoms. The van der Waals surface area contributed by atoms with Crippen LogP contribution >= 0.6 is 0 Å². The minimum absolute atomic E-state index is 0.0151. The Morgan fingerprint density at radius 1 is 1.10 bits per heavy atom. The number of amides is 2. The second-order valence-corrected chi connectivity index (χ2v) is 7.79. The number of nitrogens with zero attached hydrogens (tertiary/aromatic N) is 2. The highest BCUT2D eigenvalue weighted by Gasteiger charge is 2.30. The standard InChI is InChI=1S/C25H29FN2O2/c1-2-15-27(17-14-20-7-4-3-5-8-20)25(30)22-9-6-16-28(19-22)24(29)18-21-10-12-23(26)13-11-21/h2-5,7-8,10-13,22H,1,6,9,14-19H2. The predicted octanol–water partition coefficient (Wildman–Crippen LogP) is 3.86. The van der Waals surface area contributed by atoms with Crippen molar-refractivity contribution < 1.29 is 14.0 Å². The van der Waals surface area contributed by atoms with Gasteiger partial charge in [0.05, 0.1) is 12.3 Å². The molecule has 1 fully saturated rings. The van der Waals surface area contributed by atoms with Crippen LogP contribution in [0.2, 0.25) is 0 Å². The second-order valence-electron chi connectivity index (χ2n) is 7.79. The zero-order valence-corrected chi connectivity index (χ0v) is 17.3. The Kier molecular flexibility index (Phi) is 7.77. The number of likely N-dealkylation sites (tertiary alicyclic amines) is 1. The fourth-order valence-electron chi connectivity index (χ4n) is 3.91. The lowest BCUT2D eigenvalue weighted by atomic mass is 9.95. The third-order valence-electron chi connectivity index (χ3n) is 5.57. The van der Waals surface area contributed by atoms with E-state index in [0.717, 1.165) is 24.8 Å². The van der Waals surface area contributed by atoms with Crippen LogP contribution in [-0.4, -0.2) is 47.8 Å². The summed E-state index contributed by atoms with van der Waals surface area (Å²) in [7, 11) is 0. The van der Waals surface area contributed by atoms with Crippen molar-refractivity contribution in [1.29, 1.82) is 0 Å². The summed E-state index contributed by atoms with van der Waals surface area (Å²) in [4.78, 5) is 29.5. The molecule has 1 heterocycles. The molecule has 0 N–H and O–H groups in total. The van der Waals surface area contributed by atoms with Crippen LogP contribution in [0.15, 0.2) is 67.3 Å². The highest BCUT2D eigenvalue weighted by molar-refractivity contribution is 5.82. The molecule has 0 aliphatic carbocycles. The average molecular weight is 409 g/mol. The molecule has 30 heavy (non-hydrogen) atoms. The van der Waals surface area contributed by atoms with Crippen molar-refractivity contribution in [3.63, 3.8) is 0 Å². The van der Waals surface area contributed by atoms with Gasteiger partial charge in [0, 0.05) is 26.2 Å². The molecular weight excluding hydrogens is 379 g/mol. The molecule has 0 bridgehead atoms. The number of piperidine rings is 1. The number of carbonyl (C=O) groups is 2. The Hall–Kier alpha value is -2.95. The lowest BCUT2D eigenvalue weighted by Gasteiger charge is -2.35. The summed E-state index contributed by atoms with van der Waals surface area (Å²) in [5.41, 5.74) is 1.98. The van der Waals surface area contributed by atoms with Crippen molar-refractivity contribution in [2.75, 3.05) is 26.2 Å². The van der Waals surface area contributed by atoms with E-state index >= 15 is 0 Å². The van der Waals surface area contributed by atoms with E-state index in [4.69, 9.17) is 0 Å². The molecule has 0 spiro atoms. The molecule has 2 aromatic carbocycles. The summed E-state index contributed by atoms with van der Waals surface area (Å²) in [6.45, 7) is 6.04. The van der Waals surface area contributed by atoms with Crippen molar-refractivity contribution in [1.82, 2.24) is 9.80 Å². The van der Waals surface area contributed by atoms with Gasteiger partial charge in [-0.25, -0.2) is 4.39 Å². The van der Waals surface area contributed by atoms with Crippen LogP contribution in [0.4, 0.5) is 4.39 Å².